The van der Waals surface area contributed by atoms with Crippen LogP contribution in [0.15, 0.2) is 23.3 Å². The zero-order valence-corrected chi connectivity index (χ0v) is 13.5. The molecule has 0 bridgehead atoms. The lowest BCUT2D eigenvalue weighted by molar-refractivity contribution is 0.00309. The van der Waals surface area contributed by atoms with Crippen molar-refractivity contribution in [3.8, 4) is 0 Å². The second kappa shape index (κ2) is 5.76. The predicted octanol–water partition coefficient (Wildman–Crippen LogP) is 1.18. The molecule has 0 amide bonds. The van der Waals surface area contributed by atoms with Crippen LogP contribution in [0.5, 0.6) is 0 Å². The first-order chi connectivity index (χ1) is 10.3. The van der Waals surface area contributed by atoms with Crippen molar-refractivity contribution in [2.24, 2.45) is 0 Å². The maximum atomic E-state index is 11.1. The summed E-state index contributed by atoms with van der Waals surface area (Å²) in [6, 6.07) is 0. The van der Waals surface area contributed by atoms with E-state index < -0.39 is 22.7 Å². The number of rotatable bonds is 5. The number of halogens is 2. The van der Waals surface area contributed by atoms with Gasteiger partial charge in [-0.15, -0.1) is 11.6 Å². The normalized spacial score (nSPS) is 30.2. The molecule has 0 aromatic carbocycles. The number of aromatic nitrogens is 3. The van der Waals surface area contributed by atoms with E-state index in [9.17, 15) is 15.3 Å². The highest BCUT2D eigenvalue weighted by Gasteiger charge is 2.58. The first-order valence-electron chi connectivity index (χ1n) is 7.30. The molecule has 1 heterocycles. The largest absolute Gasteiger partial charge is 0.393 e. The summed E-state index contributed by atoms with van der Waals surface area (Å²) in [5.41, 5.74) is -0.600. The summed E-state index contributed by atoms with van der Waals surface area (Å²) in [6.07, 6.45) is 3.53. The fraction of sp³-hybridized carbons (Fsp3) is 0.714. The Hall–Kier alpha value is -0.660. The summed E-state index contributed by atoms with van der Waals surface area (Å²) in [4.78, 5) is 3.15. The van der Waals surface area contributed by atoms with Gasteiger partial charge in [-0.1, -0.05) is 11.6 Å². The van der Waals surface area contributed by atoms with E-state index in [0.717, 1.165) is 0 Å². The molecule has 0 saturated heterocycles. The number of aliphatic hydroxyl groups is 3. The molecule has 2 aliphatic carbocycles. The summed E-state index contributed by atoms with van der Waals surface area (Å²) in [5.74, 6) is 0. The molecular weight excluding hydrogens is 329 g/mol. The van der Waals surface area contributed by atoms with Crippen LogP contribution in [0.4, 0.5) is 0 Å². The van der Waals surface area contributed by atoms with E-state index in [1.807, 2.05) is 0 Å². The maximum absolute atomic E-state index is 11.1. The Morgan fingerprint density at radius 2 is 2.14 bits per heavy atom. The molecule has 1 saturated carbocycles. The van der Waals surface area contributed by atoms with Gasteiger partial charge in [0.05, 0.1) is 23.6 Å². The van der Waals surface area contributed by atoms with Crippen molar-refractivity contribution in [3.63, 3.8) is 0 Å². The minimum Gasteiger partial charge on any atom is -0.393 e. The van der Waals surface area contributed by atoms with E-state index in [2.05, 4.69) is 10.1 Å². The Balaban J connectivity index is 1.86. The van der Waals surface area contributed by atoms with Gasteiger partial charge in [-0.2, -0.15) is 5.10 Å². The van der Waals surface area contributed by atoms with Crippen molar-refractivity contribution in [2.45, 2.75) is 61.3 Å². The zero-order chi connectivity index (χ0) is 16.0. The third-order valence-corrected chi connectivity index (χ3v) is 5.78. The van der Waals surface area contributed by atoms with Crippen molar-refractivity contribution in [1.82, 2.24) is 14.8 Å². The van der Waals surface area contributed by atoms with Crippen LogP contribution in [0.1, 0.15) is 32.1 Å². The molecule has 8 heteroatoms. The lowest BCUT2D eigenvalue weighted by Gasteiger charge is -2.36. The second-order valence-corrected chi connectivity index (χ2v) is 7.46. The molecule has 1 aromatic heterocycles. The number of hydrogen-bond donors (Lipinski definition) is 3. The highest BCUT2D eigenvalue weighted by Crippen LogP contribution is 2.54. The topological polar surface area (TPSA) is 91.4 Å². The van der Waals surface area contributed by atoms with Gasteiger partial charge in [-0.3, -0.25) is 0 Å². The molecule has 0 aliphatic heterocycles. The minimum atomic E-state index is -1.26. The minimum absolute atomic E-state index is 0.191. The van der Waals surface area contributed by atoms with Gasteiger partial charge in [0.1, 0.15) is 18.3 Å². The Kier molecular flexibility index (Phi) is 4.24. The fourth-order valence-corrected chi connectivity index (χ4v) is 3.54. The van der Waals surface area contributed by atoms with Crippen LogP contribution in [0.3, 0.4) is 0 Å². The van der Waals surface area contributed by atoms with Gasteiger partial charge in [-0.05, 0) is 24.8 Å². The van der Waals surface area contributed by atoms with Gasteiger partial charge in [0.15, 0.2) is 0 Å². The van der Waals surface area contributed by atoms with E-state index in [-0.39, 0.29) is 19.4 Å². The molecule has 3 rings (SSSR count). The third-order valence-electron chi connectivity index (χ3n) is 4.53. The van der Waals surface area contributed by atoms with E-state index in [4.69, 9.17) is 23.2 Å². The lowest BCUT2D eigenvalue weighted by atomic mass is 9.83. The monoisotopic (exact) mass is 347 g/mol. The molecule has 1 aromatic rings. The van der Waals surface area contributed by atoms with Crippen LogP contribution >= 0.6 is 23.2 Å². The third kappa shape index (κ3) is 3.03. The van der Waals surface area contributed by atoms with Crippen LogP contribution in [-0.4, -0.2) is 52.8 Å². The molecule has 3 N–H and O–H groups in total. The van der Waals surface area contributed by atoms with Crippen molar-refractivity contribution >= 4 is 23.2 Å². The Morgan fingerprint density at radius 1 is 1.41 bits per heavy atom. The molecule has 3 atom stereocenters. The van der Waals surface area contributed by atoms with Gasteiger partial charge in [0.25, 0.3) is 0 Å². The first kappa shape index (κ1) is 16.2. The van der Waals surface area contributed by atoms with Crippen LogP contribution < -0.4 is 0 Å². The maximum Gasteiger partial charge on any atom is 0.137 e. The fourth-order valence-electron chi connectivity index (χ4n) is 3.09. The summed E-state index contributed by atoms with van der Waals surface area (Å²) in [6.45, 7) is 0.191. The molecular formula is C14H19Cl2N3O3. The molecule has 1 fully saturated rings. The van der Waals surface area contributed by atoms with E-state index >= 15 is 0 Å². The summed E-state index contributed by atoms with van der Waals surface area (Å²) in [7, 11) is 0. The van der Waals surface area contributed by atoms with Crippen LogP contribution in [-0.2, 0) is 6.54 Å². The summed E-state index contributed by atoms with van der Waals surface area (Å²) >= 11 is 12.7. The standard InChI is InChI=1S/C14H19Cl2N3O3/c15-12-9(3-10(20)4-11(12)21)5-14(22,13(16)1-2-13)6-19-8-17-7-18-19/h7-8,10-11,20-22H,1-6H2. The van der Waals surface area contributed by atoms with Crippen molar-refractivity contribution in [2.75, 3.05) is 0 Å². The summed E-state index contributed by atoms with van der Waals surface area (Å²) < 4.78 is 1.53. The molecule has 22 heavy (non-hydrogen) atoms. The highest BCUT2D eigenvalue weighted by molar-refractivity contribution is 6.30. The molecule has 122 valence electrons. The quantitative estimate of drug-likeness (QED) is 0.695. The van der Waals surface area contributed by atoms with Crippen LogP contribution in [0.2, 0.25) is 0 Å². The van der Waals surface area contributed by atoms with E-state index in [1.54, 1.807) is 0 Å². The van der Waals surface area contributed by atoms with E-state index in [1.165, 1.54) is 17.3 Å². The number of hydrogen-bond acceptors (Lipinski definition) is 5. The molecule has 3 unspecified atom stereocenters. The first-order valence-corrected chi connectivity index (χ1v) is 8.06. The second-order valence-electron chi connectivity index (χ2n) is 6.33. The molecule has 0 spiro atoms. The van der Waals surface area contributed by atoms with Crippen molar-refractivity contribution < 1.29 is 15.3 Å². The number of nitrogens with zero attached hydrogens (tertiary/aromatic N) is 3. The van der Waals surface area contributed by atoms with Crippen LogP contribution in [0.25, 0.3) is 0 Å². The average Bonchev–Trinajstić information content (AvgIpc) is 3.00. The van der Waals surface area contributed by atoms with Crippen LogP contribution in [0, 0.1) is 0 Å². The molecule has 0 radical (unpaired) electrons. The zero-order valence-electron chi connectivity index (χ0n) is 12.0. The van der Waals surface area contributed by atoms with Gasteiger partial charge in [-0.25, -0.2) is 9.67 Å². The van der Waals surface area contributed by atoms with Gasteiger partial charge >= 0.3 is 0 Å². The van der Waals surface area contributed by atoms with Gasteiger partial charge in [0, 0.05) is 17.9 Å². The average molecular weight is 348 g/mol. The van der Waals surface area contributed by atoms with Crippen molar-refractivity contribution in [3.05, 3.63) is 23.3 Å². The lowest BCUT2D eigenvalue weighted by Crippen LogP contribution is -2.46. The SMILES string of the molecule is OC1CC(CC(O)(Cn2cncn2)C2(Cl)CC2)=C(Cl)C(O)C1. The smallest absolute Gasteiger partial charge is 0.137 e. The number of aliphatic hydroxyl groups excluding tert-OH is 2. The predicted molar refractivity (Wildman–Crippen MR) is 81.5 cm³/mol. The Morgan fingerprint density at radius 3 is 2.73 bits per heavy atom. The van der Waals surface area contributed by atoms with Gasteiger partial charge < -0.3 is 15.3 Å². The molecule has 6 nitrogen and oxygen atoms in total. The Labute approximate surface area is 138 Å². The van der Waals surface area contributed by atoms with Crippen molar-refractivity contribution in [1.29, 1.82) is 0 Å². The Bertz CT molecular complexity index is 574. The summed E-state index contributed by atoms with van der Waals surface area (Å²) in [5, 5.41) is 35.2. The van der Waals surface area contributed by atoms with E-state index in [0.29, 0.717) is 29.9 Å². The van der Waals surface area contributed by atoms with Gasteiger partial charge in [0.2, 0.25) is 0 Å². The highest BCUT2D eigenvalue weighted by atomic mass is 35.5. The number of alkyl halides is 1. The molecule has 2 aliphatic rings.